The van der Waals surface area contributed by atoms with Crippen molar-refractivity contribution in [1.29, 1.82) is 0 Å². The van der Waals surface area contributed by atoms with Crippen LogP contribution in [-0.4, -0.2) is 13.5 Å². The lowest BCUT2D eigenvalue weighted by Gasteiger charge is -2.16. The summed E-state index contributed by atoms with van der Waals surface area (Å²) in [4.78, 5) is 0.125. The molecule has 8 heteroatoms. The van der Waals surface area contributed by atoms with E-state index in [1.807, 2.05) is 32.9 Å². The number of halogens is 1. The van der Waals surface area contributed by atoms with Gasteiger partial charge < -0.3 is 10.6 Å². The summed E-state index contributed by atoms with van der Waals surface area (Å²) >= 11 is 11.3. The van der Waals surface area contributed by atoms with Crippen LogP contribution in [0, 0.1) is 20.8 Å². The summed E-state index contributed by atoms with van der Waals surface area (Å²) in [5.41, 5.74) is 5.03. The molecule has 0 aliphatic rings. The molecule has 0 aliphatic heterocycles. The Morgan fingerprint density at radius 1 is 0.833 bits per heavy atom. The first-order valence-electron chi connectivity index (χ1n) is 9.18. The highest BCUT2D eigenvalue weighted by molar-refractivity contribution is 7.92. The Hall–Kier alpha value is -2.61. The molecule has 0 heterocycles. The van der Waals surface area contributed by atoms with Crippen molar-refractivity contribution in [3.05, 3.63) is 82.4 Å². The van der Waals surface area contributed by atoms with Crippen LogP contribution in [0.15, 0.2) is 65.6 Å². The monoisotopic (exact) mass is 459 g/mol. The Bertz CT molecular complexity index is 1190. The Labute approximate surface area is 187 Å². The zero-order valence-corrected chi connectivity index (χ0v) is 19.2. The Balaban J connectivity index is 1.78. The summed E-state index contributed by atoms with van der Waals surface area (Å²) < 4.78 is 28.1. The van der Waals surface area contributed by atoms with Gasteiger partial charge in [0.1, 0.15) is 0 Å². The molecule has 3 rings (SSSR count). The maximum absolute atomic E-state index is 12.8. The lowest BCUT2D eigenvalue weighted by atomic mass is 10.1. The van der Waals surface area contributed by atoms with Gasteiger partial charge >= 0.3 is 0 Å². The first-order chi connectivity index (χ1) is 14.1. The second-order valence-electron chi connectivity index (χ2n) is 6.99. The van der Waals surface area contributed by atoms with E-state index in [1.165, 1.54) is 5.56 Å². The molecule has 5 nitrogen and oxygen atoms in total. The van der Waals surface area contributed by atoms with Gasteiger partial charge in [-0.15, -0.1) is 0 Å². The van der Waals surface area contributed by atoms with Crippen molar-refractivity contribution < 1.29 is 8.42 Å². The van der Waals surface area contributed by atoms with Gasteiger partial charge in [0.25, 0.3) is 10.0 Å². The summed E-state index contributed by atoms with van der Waals surface area (Å²) in [5, 5.41) is 7.17. The molecular weight excluding hydrogens is 438 g/mol. The standard InChI is InChI=1S/C22H22ClN3O2S2/c1-14-4-11-20(16(3)12-14)24-22(29)25-21-13-19(10-5-15(21)2)30(27,28)26-18-8-6-17(23)7-9-18/h4-13,26H,1-3H3,(H2,24,25,29). The first kappa shape index (κ1) is 22.1. The summed E-state index contributed by atoms with van der Waals surface area (Å²) in [6, 6.07) is 17.3. The van der Waals surface area contributed by atoms with Gasteiger partial charge in [-0.1, -0.05) is 35.4 Å². The van der Waals surface area contributed by atoms with E-state index in [4.69, 9.17) is 23.8 Å². The fourth-order valence-electron chi connectivity index (χ4n) is 2.86. The topological polar surface area (TPSA) is 70.2 Å². The quantitative estimate of drug-likeness (QED) is 0.416. The van der Waals surface area contributed by atoms with Crippen LogP contribution in [-0.2, 0) is 10.0 Å². The number of sulfonamides is 1. The predicted molar refractivity (Wildman–Crippen MR) is 129 cm³/mol. The molecule has 3 aromatic rings. The summed E-state index contributed by atoms with van der Waals surface area (Å²) in [6.07, 6.45) is 0. The van der Waals surface area contributed by atoms with Gasteiger partial charge in [-0.3, -0.25) is 4.72 Å². The highest BCUT2D eigenvalue weighted by atomic mass is 35.5. The van der Waals surface area contributed by atoms with Crippen molar-refractivity contribution in [2.75, 3.05) is 15.4 Å². The molecule has 0 fully saturated rings. The molecule has 156 valence electrons. The number of anilines is 3. The van der Waals surface area contributed by atoms with Crippen molar-refractivity contribution >= 4 is 56.0 Å². The second kappa shape index (κ2) is 9.04. The van der Waals surface area contributed by atoms with E-state index >= 15 is 0 Å². The van der Waals surface area contributed by atoms with Crippen molar-refractivity contribution in [2.24, 2.45) is 0 Å². The molecule has 0 unspecified atom stereocenters. The molecule has 0 saturated carbocycles. The molecule has 30 heavy (non-hydrogen) atoms. The van der Waals surface area contributed by atoms with Crippen LogP contribution in [0.25, 0.3) is 0 Å². The Morgan fingerprint density at radius 2 is 1.50 bits per heavy atom. The molecule has 0 amide bonds. The third-order valence-electron chi connectivity index (χ3n) is 4.49. The van der Waals surface area contributed by atoms with Crippen molar-refractivity contribution in [3.8, 4) is 0 Å². The number of rotatable bonds is 5. The summed E-state index contributed by atoms with van der Waals surface area (Å²) in [7, 11) is -3.77. The van der Waals surface area contributed by atoms with E-state index in [1.54, 1.807) is 42.5 Å². The number of nitrogens with one attached hydrogen (secondary N) is 3. The van der Waals surface area contributed by atoms with E-state index in [0.717, 1.165) is 16.8 Å². The minimum atomic E-state index is -3.77. The van der Waals surface area contributed by atoms with Crippen molar-refractivity contribution in [1.82, 2.24) is 0 Å². The SMILES string of the molecule is Cc1ccc(NC(=S)Nc2cc(S(=O)(=O)Nc3ccc(Cl)cc3)ccc2C)c(C)c1. The normalized spacial score (nSPS) is 11.1. The number of benzene rings is 3. The van der Waals surface area contributed by atoms with E-state index < -0.39 is 10.0 Å². The maximum Gasteiger partial charge on any atom is 0.261 e. The average molecular weight is 460 g/mol. The van der Waals surface area contributed by atoms with E-state index in [2.05, 4.69) is 21.4 Å². The van der Waals surface area contributed by atoms with Crippen LogP contribution in [0.3, 0.4) is 0 Å². The summed E-state index contributed by atoms with van der Waals surface area (Å²) in [6.45, 7) is 5.91. The number of hydrogen-bond donors (Lipinski definition) is 3. The van der Waals surface area contributed by atoms with Crippen molar-refractivity contribution in [2.45, 2.75) is 25.7 Å². The van der Waals surface area contributed by atoms with Gasteiger partial charge in [0.15, 0.2) is 5.11 Å². The summed E-state index contributed by atoms with van der Waals surface area (Å²) in [5.74, 6) is 0. The maximum atomic E-state index is 12.8. The van der Waals surface area contributed by atoms with Gasteiger partial charge in [0, 0.05) is 22.1 Å². The number of thiocarbonyl (C=S) groups is 1. The van der Waals surface area contributed by atoms with Crippen molar-refractivity contribution in [3.63, 3.8) is 0 Å². The molecule has 0 aromatic heterocycles. The lowest BCUT2D eigenvalue weighted by molar-refractivity contribution is 0.601. The Kier molecular flexibility index (Phi) is 6.65. The smallest absolute Gasteiger partial charge is 0.261 e. The lowest BCUT2D eigenvalue weighted by Crippen LogP contribution is -2.21. The largest absolute Gasteiger partial charge is 0.332 e. The van der Waals surface area contributed by atoms with Crippen LogP contribution in [0.5, 0.6) is 0 Å². The van der Waals surface area contributed by atoms with Crippen LogP contribution >= 0.6 is 23.8 Å². The molecule has 0 saturated heterocycles. The van der Waals surface area contributed by atoms with E-state index in [0.29, 0.717) is 21.5 Å². The zero-order chi connectivity index (χ0) is 21.9. The van der Waals surface area contributed by atoms with E-state index in [9.17, 15) is 8.42 Å². The minimum absolute atomic E-state index is 0.125. The van der Waals surface area contributed by atoms with Crippen LogP contribution in [0.2, 0.25) is 5.02 Å². The second-order valence-corrected chi connectivity index (χ2v) is 9.51. The third kappa shape index (κ3) is 5.50. The Morgan fingerprint density at radius 3 is 2.17 bits per heavy atom. The average Bonchev–Trinajstić information content (AvgIpc) is 2.67. The molecule has 0 spiro atoms. The highest BCUT2D eigenvalue weighted by Crippen LogP contribution is 2.24. The van der Waals surface area contributed by atoms with E-state index in [-0.39, 0.29) is 4.90 Å². The molecule has 3 aromatic carbocycles. The fraction of sp³-hybridized carbons (Fsp3) is 0.136. The predicted octanol–water partition coefficient (Wildman–Crippen LogP) is 5.87. The van der Waals surface area contributed by atoms with Crippen LogP contribution in [0.1, 0.15) is 16.7 Å². The van der Waals surface area contributed by atoms with Gasteiger partial charge in [-0.05, 0) is 86.6 Å². The molecule has 3 N–H and O–H groups in total. The van der Waals surface area contributed by atoms with Gasteiger partial charge in [0.05, 0.1) is 4.90 Å². The number of hydrogen-bond acceptors (Lipinski definition) is 3. The minimum Gasteiger partial charge on any atom is -0.332 e. The first-order valence-corrected chi connectivity index (χ1v) is 11.5. The molecule has 0 bridgehead atoms. The zero-order valence-electron chi connectivity index (χ0n) is 16.8. The van der Waals surface area contributed by atoms with Gasteiger partial charge in [-0.25, -0.2) is 8.42 Å². The third-order valence-corrected chi connectivity index (χ3v) is 6.33. The highest BCUT2D eigenvalue weighted by Gasteiger charge is 2.16. The fourth-order valence-corrected chi connectivity index (χ4v) is 4.29. The van der Waals surface area contributed by atoms with Gasteiger partial charge in [0.2, 0.25) is 0 Å². The number of aryl methyl sites for hydroxylation is 3. The van der Waals surface area contributed by atoms with Gasteiger partial charge in [-0.2, -0.15) is 0 Å². The van der Waals surface area contributed by atoms with Crippen LogP contribution in [0.4, 0.5) is 17.1 Å². The molecular formula is C22H22ClN3O2S2. The molecule has 0 radical (unpaired) electrons. The van der Waals surface area contributed by atoms with Crippen LogP contribution < -0.4 is 15.4 Å². The molecule has 0 atom stereocenters. The molecule has 0 aliphatic carbocycles.